The van der Waals surface area contributed by atoms with Gasteiger partial charge in [0.15, 0.2) is 5.82 Å². The molecular weight excluding hydrogens is 450 g/mol. The first-order chi connectivity index (χ1) is 16.4. The van der Waals surface area contributed by atoms with E-state index >= 15 is 0 Å². The Morgan fingerprint density at radius 2 is 2.00 bits per heavy atom. The van der Waals surface area contributed by atoms with E-state index in [2.05, 4.69) is 26.7 Å². The maximum Gasteiger partial charge on any atom is 0.407 e. The van der Waals surface area contributed by atoms with E-state index in [-0.39, 0.29) is 29.3 Å². The van der Waals surface area contributed by atoms with E-state index < -0.39 is 11.2 Å². The molecule has 1 amide bonds. The molecule has 6 rings (SSSR count). The summed E-state index contributed by atoms with van der Waals surface area (Å²) >= 11 is -1.31. The fraction of sp³-hybridized carbons (Fsp3) is 0.520. The van der Waals surface area contributed by atoms with E-state index in [1.807, 2.05) is 30.3 Å². The quantitative estimate of drug-likeness (QED) is 0.459. The van der Waals surface area contributed by atoms with Gasteiger partial charge in [0.25, 0.3) is 0 Å². The minimum absolute atomic E-state index is 0.117. The summed E-state index contributed by atoms with van der Waals surface area (Å²) in [6.45, 7) is 0.985. The third-order valence-corrected chi connectivity index (χ3v) is 8.38. The molecule has 34 heavy (non-hydrogen) atoms. The molecule has 4 bridgehead atoms. The lowest BCUT2D eigenvalue weighted by molar-refractivity contribution is -0.0683. The molecular formula is C25H29N5O3S. The Hall–Kier alpha value is -2.83. The number of nitrogens with one attached hydrogen (secondary N) is 2. The number of carbonyl (C=O) groups excluding carboxylic acids is 1. The van der Waals surface area contributed by atoms with Crippen molar-refractivity contribution in [2.75, 3.05) is 18.1 Å². The van der Waals surface area contributed by atoms with E-state index in [1.165, 1.54) is 12.5 Å². The monoisotopic (exact) mass is 479 g/mol. The third-order valence-electron chi connectivity index (χ3n) is 7.67. The summed E-state index contributed by atoms with van der Waals surface area (Å²) < 4.78 is 17.3. The largest absolute Gasteiger partial charge is 0.609 e. The summed E-state index contributed by atoms with van der Waals surface area (Å²) in [5.41, 5.74) is 1.45. The van der Waals surface area contributed by atoms with Crippen LogP contribution in [-0.4, -0.2) is 39.5 Å². The van der Waals surface area contributed by atoms with Crippen molar-refractivity contribution in [3.63, 3.8) is 0 Å². The molecule has 2 aromatic rings. The summed E-state index contributed by atoms with van der Waals surface area (Å²) in [5.74, 6) is 1.98. The third kappa shape index (κ3) is 4.70. The van der Waals surface area contributed by atoms with Gasteiger partial charge in [0.1, 0.15) is 24.5 Å². The predicted octanol–water partition coefficient (Wildman–Crippen LogP) is 3.62. The highest BCUT2D eigenvalue weighted by Crippen LogP contribution is 2.60. The maximum atomic E-state index is 12.5. The number of ether oxygens (including phenoxy) is 1. The van der Waals surface area contributed by atoms with E-state index in [0.29, 0.717) is 35.7 Å². The molecule has 0 saturated heterocycles. The van der Waals surface area contributed by atoms with Gasteiger partial charge < -0.3 is 19.9 Å². The average Bonchev–Trinajstić information content (AvgIpc) is 2.83. The van der Waals surface area contributed by atoms with Gasteiger partial charge in [-0.3, -0.25) is 0 Å². The maximum absolute atomic E-state index is 12.5. The zero-order valence-corrected chi connectivity index (χ0v) is 20.0. The molecule has 4 fully saturated rings. The highest BCUT2D eigenvalue weighted by Gasteiger charge is 2.55. The normalized spacial score (nSPS) is 29.8. The van der Waals surface area contributed by atoms with E-state index in [1.54, 1.807) is 0 Å². The molecule has 0 aliphatic heterocycles. The standard InChI is InChI=1S/C25H29N5O3S/c1-34(32)23-27-13-20(12-26)22(30-23)28-15-25-9-17-7-18(10-25)21(19(8-17)11-25)29-24(31)33-14-16-5-3-2-4-6-16/h2-6,13,17-19,21H,7-11,14-15H2,1H3,(H,29,31)(H,27,28,30)/t17?,18-,19+,21+,25-,34?. The van der Waals surface area contributed by atoms with Crippen LogP contribution >= 0.6 is 0 Å². The summed E-state index contributed by atoms with van der Waals surface area (Å²) in [5, 5.41) is 16.2. The lowest BCUT2D eigenvalue weighted by Crippen LogP contribution is -2.60. The van der Waals surface area contributed by atoms with Crippen LogP contribution in [0.25, 0.3) is 0 Å². The summed E-state index contributed by atoms with van der Waals surface area (Å²) in [6, 6.07) is 12.0. The molecule has 1 aromatic heterocycles. The SMILES string of the molecule is C[S+]([O-])c1ncc(C#N)c(NC[C@]23CC4C[C@H](C2)[C@H](NC(=O)OCc2ccccc2)[C@@H](C4)C3)n1. The topological polar surface area (TPSA) is 123 Å². The van der Waals surface area contributed by atoms with Crippen molar-refractivity contribution in [3.8, 4) is 6.07 Å². The Bertz CT molecular complexity index is 1070. The van der Waals surface area contributed by atoms with Gasteiger partial charge in [-0.15, -0.1) is 0 Å². The van der Waals surface area contributed by atoms with E-state index in [0.717, 1.165) is 37.7 Å². The number of anilines is 1. The number of nitrogens with zero attached hydrogens (tertiary/aromatic N) is 3. The minimum atomic E-state index is -1.31. The number of amides is 1. The van der Waals surface area contributed by atoms with Gasteiger partial charge in [0, 0.05) is 23.8 Å². The Morgan fingerprint density at radius 3 is 2.68 bits per heavy atom. The van der Waals surface area contributed by atoms with Crippen molar-refractivity contribution in [1.29, 1.82) is 5.26 Å². The van der Waals surface area contributed by atoms with Crippen molar-refractivity contribution in [3.05, 3.63) is 47.7 Å². The van der Waals surface area contributed by atoms with Crippen LogP contribution in [0.2, 0.25) is 0 Å². The van der Waals surface area contributed by atoms with Crippen LogP contribution in [0.3, 0.4) is 0 Å². The number of hydrogen-bond donors (Lipinski definition) is 2. The molecule has 4 saturated carbocycles. The Kier molecular flexibility index (Phi) is 6.36. The molecule has 178 valence electrons. The van der Waals surface area contributed by atoms with E-state index in [4.69, 9.17) is 4.74 Å². The highest BCUT2D eigenvalue weighted by atomic mass is 32.2. The van der Waals surface area contributed by atoms with Gasteiger partial charge in [0.2, 0.25) is 0 Å². The lowest BCUT2D eigenvalue weighted by Gasteiger charge is -2.60. The average molecular weight is 480 g/mol. The van der Waals surface area contributed by atoms with Crippen molar-refractivity contribution in [1.82, 2.24) is 15.3 Å². The van der Waals surface area contributed by atoms with Gasteiger partial charge in [-0.25, -0.2) is 4.79 Å². The van der Waals surface area contributed by atoms with Crippen molar-refractivity contribution in [2.24, 2.45) is 23.2 Å². The molecule has 2 unspecified atom stereocenters. The van der Waals surface area contributed by atoms with Gasteiger partial charge >= 0.3 is 11.2 Å². The Balaban J connectivity index is 1.22. The number of rotatable bonds is 7. The van der Waals surface area contributed by atoms with Crippen LogP contribution in [0, 0.1) is 34.5 Å². The smallest absolute Gasteiger partial charge is 0.407 e. The van der Waals surface area contributed by atoms with Crippen molar-refractivity contribution >= 4 is 23.1 Å². The molecule has 9 heteroatoms. The first-order valence-electron chi connectivity index (χ1n) is 11.8. The van der Waals surface area contributed by atoms with Gasteiger partial charge in [-0.05, 0) is 60.8 Å². The number of aromatic nitrogens is 2. The van der Waals surface area contributed by atoms with Crippen LogP contribution in [0.4, 0.5) is 10.6 Å². The van der Waals surface area contributed by atoms with Crippen LogP contribution in [0.5, 0.6) is 0 Å². The molecule has 1 heterocycles. The number of carbonyl (C=O) groups is 1. The first kappa shape index (κ1) is 22.9. The first-order valence-corrected chi connectivity index (χ1v) is 13.3. The highest BCUT2D eigenvalue weighted by molar-refractivity contribution is 7.90. The lowest BCUT2D eigenvalue weighted by atomic mass is 9.48. The second kappa shape index (κ2) is 9.43. The Labute approximate surface area is 202 Å². The van der Waals surface area contributed by atoms with Gasteiger partial charge in [-0.2, -0.15) is 15.2 Å². The molecule has 0 spiro atoms. The second-order valence-electron chi connectivity index (χ2n) is 10.0. The van der Waals surface area contributed by atoms with E-state index in [9.17, 15) is 14.6 Å². The molecule has 8 nitrogen and oxygen atoms in total. The zero-order valence-electron chi connectivity index (χ0n) is 19.2. The fourth-order valence-electron chi connectivity index (χ4n) is 6.54. The molecule has 2 N–H and O–H groups in total. The predicted molar refractivity (Wildman–Crippen MR) is 127 cm³/mol. The Morgan fingerprint density at radius 1 is 1.26 bits per heavy atom. The summed E-state index contributed by atoms with van der Waals surface area (Å²) in [4.78, 5) is 20.9. The molecule has 6 atom stereocenters. The molecule has 1 aromatic carbocycles. The van der Waals surface area contributed by atoms with Crippen LogP contribution < -0.4 is 10.6 Å². The van der Waals surface area contributed by atoms with Crippen molar-refractivity contribution < 1.29 is 14.1 Å². The molecule has 4 aliphatic rings. The van der Waals surface area contributed by atoms with Crippen molar-refractivity contribution in [2.45, 2.75) is 49.9 Å². The summed E-state index contributed by atoms with van der Waals surface area (Å²) in [6.07, 6.45) is 8.10. The van der Waals surface area contributed by atoms with Crippen LogP contribution in [-0.2, 0) is 22.5 Å². The number of hydrogen-bond acceptors (Lipinski definition) is 7. The zero-order chi connectivity index (χ0) is 23.7. The van der Waals surface area contributed by atoms with Gasteiger partial charge in [0.05, 0.1) is 6.20 Å². The van der Waals surface area contributed by atoms with Gasteiger partial charge in [-0.1, -0.05) is 30.3 Å². The number of alkyl carbamates (subject to hydrolysis) is 1. The summed E-state index contributed by atoms with van der Waals surface area (Å²) in [7, 11) is 0. The number of benzene rings is 1. The second-order valence-corrected chi connectivity index (χ2v) is 11.3. The minimum Gasteiger partial charge on any atom is -0.609 e. The van der Waals surface area contributed by atoms with Crippen LogP contribution in [0.15, 0.2) is 41.7 Å². The van der Waals surface area contributed by atoms with Crippen LogP contribution in [0.1, 0.15) is 43.2 Å². The molecule has 4 aliphatic carbocycles. The molecule has 0 radical (unpaired) electrons. The number of nitriles is 1. The fourth-order valence-corrected chi connectivity index (χ4v) is 6.96.